The fourth-order valence-corrected chi connectivity index (χ4v) is 5.31. The van der Waals surface area contributed by atoms with E-state index in [2.05, 4.69) is 10.3 Å². The molecule has 2 saturated heterocycles. The summed E-state index contributed by atoms with van der Waals surface area (Å²) in [5.74, 6) is 0.337. The van der Waals surface area contributed by atoms with E-state index >= 15 is 0 Å². The van der Waals surface area contributed by atoms with Gasteiger partial charge < -0.3 is 14.4 Å². The number of hydrogen-bond acceptors (Lipinski definition) is 7. The van der Waals surface area contributed by atoms with Gasteiger partial charge in [0, 0.05) is 6.20 Å². The van der Waals surface area contributed by atoms with Crippen LogP contribution in [0.1, 0.15) is 18.9 Å². The van der Waals surface area contributed by atoms with Crippen molar-refractivity contribution in [1.82, 2.24) is 19.9 Å². The fraction of sp³-hybridized carbons (Fsp3) is 0.444. The number of hydrogen-bond donors (Lipinski definition) is 0. The average molecular weight is 388 g/mol. The molecule has 2 aliphatic heterocycles. The standard InChI is InChI=1S/C18H20N4O4S/c1-18(11-21-8-7-19-20-21)16(22-14(23)9-15(22)27-18)17(24)26-10-12-3-5-13(25-2)6-4-12/h3-8,15-16H,9-11H2,1-2H3/t15-,16+,18+/m1/s1. The summed E-state index contributed by atoms with van der Waals surface area (Å²) >= 11 is 1.63. The van der Waals surface area contributed by atoms with Crippen LogP contribution in [0.25, 0.3) is 0 Å². The summed E-state index contributed by atoms with van der Waals surface area (Å²) in [7, 11) is 1.60. The van der Waals surface area contributed by atoms with E-state index in [0.29, 0.717) is 13.0 Å². The molecule has 0 N–H and O–H groups in total. The number of thioether (sulfide) groups is 1. The third-order valence-corrected chi connectivity index (χ3v) is 6.48. The number of fused-ring (bicyclic) bond motifs is 1. The molecule has 4 rings (SSSR count). The van der Waals surface area contributed by atoms with Crippen molar-refractivity contribution in [3.05, 3.63) is 42.2 Å². The number of rotatable bonds is 6. The predicted molar refractivity (Wildman–Crippen MR) is 97.8 cm³/mol. The first kappa shape index (κ1) is 17.8. The van der Waals surface area contributed by atoms with Gasteiger partial charge in [0.2, 0.25) is 5.91 Å². The van der Waals surface area contributed by atoms with Crippen molar-refractivity contribution in [3.8, 4) is 5.75 Å². The Morgan fingerprint density at radius 1 is 1.37 bits per heavy atom. The second kappa shape index (κ2) is 6.88. The highest BCUT2D eigenvalue weighted by Crippen LogP contribution is 2.51. The first-order valence-corrected chi connectivity index (χ1v) is 9.51. The van der Waals surface area contributed by atoms with Crippen LogP contribution >= 0.6 is 11.8 Å². The minimum absolute atomic E-state index is 0.0128. The molecule has 2 fully saturated rings. The van der Waals surface area contributed by atoms with Gasteiger partial charge in [0.1, 0.15) is 18.4 Å². The molecule has 0 unspecified atom stereocenters. The highest BCUT2D eigenvalue weighted by Gasteiger charge is 2.61. The van der Waals surface area contributed by atoms with E-state index < -0.39 is 16.8 Å². The highest BCUT2D eigenvalue weighted by molar-refractivity contribution is 8.01. The number of esters is 1. The fourth-order valence-electron chi connectivity index (χ4n) is 3.56. The lowest BCUT2D eigenvalue weighted by atomic mass is 9.96. The quantitative estimate of drug-likeness (QED) is 0.547. The van der Waals surface area contributed by atoms with Gasteiger partial charge in [0.25, 0.3) is 0 Å². The second-order valence-electron chi connectivity index (χ2n) is 6.85. The van der Waals surface area contributed by atoms with E-state index in [1.54, 1.807) is 40.8 Å². The molecule has 2 aromatic rings. The summed E-state index contributed by atoms with van der Waals surface area (Å²) in [6.07, 6.45) is 3.81. The van der Waals surface area contributed by atoms with Gasteiger partial charge in [-0.15, -0.1) is 16.9 Å². The van der Waals surface area contributed by atoms with Crippen LogP contribution < -0.4 is 4.74 Å². The van der Waals surface area contributed by atoms with Gasteiger partial charge >= 0.3 is 5.97 Å². The van der Waals surface area contributed by atoms with Gasteiger partial charge in [-0.2, -0.15) is 0 Å². The lowest BCUT2D eigenvalue weighted by Gasteiger charge is -2.37. The van der Waals surface area contributed by atoms with E-state index in [1.165, 1.54) is 0 Å². The van der Waals surface area contributed by atoms with Gasteiger partial charge in [-0.3, -0.25) is 9.48 Å². The van der Waals surface area contributed by atoms with Crippen LogP contribution in [0.5, 0.6) is 5.75 Å². The Balaban J connectivity index is 1.49. The molecule has 9 heteroatoms. The number of carbonyl (C=O) groups is 2. The van der Waals surface area contributed by atoms with E-state index in [4.69, 9.17) is 9.47 Å². The maximum absolute atomic E-state index is 12.9. The normalized spacial score (nSPS) is 26.4. The molecule has 1 aromatic carbocycles. The summed E-state index contributed by atoms with van der Waals surface area (Å²) in [6.45, 7) is 2.60. The minimum Gasteiger partial charge on any atom is -0.497 e. The van der Waals surface area contributed by atoms with E-state index in [1.807, 2.05) is 31.2 Å². The van der Waals surface area contributed by atoms with Crippen molar-refractivity contribution < 1.29 is 19.1 Å². The molecule has 8 nitrogen and oxygen atoms in total. The summed E-state index contributed by atoms with van der Waals surface area (Å²) in [6, 6.07) is 6.69. The number of carbonyl (C=O) groups excluding carboxylic acids is 2. The Bertz CT molecular complexity index is 842. The molecular formula is C18H20N4O4S. The molecule has 2 aliphatic rings. The smallest absolute Gasteiger partial charge is 0.330 e. The van der Waals surface area contributed by atoms with Crippen LogP contribution in [0.3, 0.4) is 0 Å². The van der Waals surface area contributed by atoms with E-state index in [0.717, 1.165) is 11.3 Å². The van der Waals surface area contributed by atoms with Gasteiger partial charge in [-0.1, -0.05) is 17.3 Å². The molecule has 0 spiro atoms. The lowest BCUT2D eigenvalue weighted by Crippen LogP contribution is -2.58. The Hall–Kier alpha value is -2.55. The van der Waals surface area contributed by atoms with Crippen molar-refractivity contribution >= 4 is 23.6 Å². The van der Waals surface area contributed by atoms with Crippen LogP contribution in [0.4, 0.5) is 0 Å². The minimum atomic E-state index is -0.642. The predicted octanol–water partition coefficient (Wildman–Crippen LogP) is 1.46. The van der Waals surface area contributed by atoms with Crippen molar-refractivity contribution in [3.63, 3.8) is 0 Å². The zero-order valence-electron chi connectivity index (χ0n) is 15.1. The van der Waals surface area contributed by atoms with E-state index in [9.17, 15) is 9.59 Å². The Kier molecular flexibility index (Phi) is 4.55. The molecule has 1 amide bonds. The third-order valence-electron chi connectivity index (χ3n) is 4.92. The van der Waals surface area contributed by atoms with Crippen molar-refractivity contribution in [2.75, 3.05) is 7.11 Å². The largest absolute Gasteiger partial charge is 0.497 e. The SMILES string of the molecule is COc1ccc(COC(=O)[C@@H]2N3C(=O)C[C@H]3S[C@@]2(C)Cn2ccnn2)cc1. The summed E-state index contributed by atoms with van der Waals surface area (Å²) in [4.78, 5) is 26.7. The molecule has 3 heterocycles. The third kappa shape index (κ3) is 3.27. The van der Waals surface area contributed by atoms with Crippen molar-refractivity contribution in [2.45, 2.75) is 42.7 Å². The molecule has 0 saturated carbocycles. The second-order valence-corrected chi connectivity index (χ2v) is 8.56. The summed E-state index contributed by atoms with van der Waals surface area (Å²) < 4.78 is 11.9. The van der Waals surface area contributed by atoms with Crippen LogP contribution in [-0.2, 0) is 27.5 Å². The number of ether oxygens (including phenoxy) is 2. The molecule has 27 heavy (non-hydrogen) atoms. The molecule has 1 aromatic heterocycles. The number of nitrogens with zero attached hydrogens (tertiary/aromatic N) is 4. The van der Waals surface area contributed by atoms with Gasteiger partial charge in [-0.25, -0.2) is 4.79 Å². The number of β-lactam (4-membered cyclic amide) rings is 1. The van der Waals surface area contributed by atoms with E-state index in [-0.39, 0.29) is 17.9 Å². The average Bonchev–Trinajstić information content (AvgIpc) is 3.24. The Labute approximate surface area is 160 Å². The highest BCUT2D eigenvalue weighted by atomic mass is 32.2. The van der Waals surface area contributed by atoms with Crippen LogP contribution in [0, 0.1) is 0 Å². The zero-order valence-corrected chi connectivity index (χ0v) is 15.9. The van der Waals surface area contributed by atoms with Gasteiger partial charge in [0.05, 0.1) is 36.4 Å². The molecular weight excluding hydrogens is 368 g/mol. The van der Waals surface area contributed by atoms with Crippen molar-refractivity contribution in [1.29, 1.82) is 0 Å². The van der Waals surface area contributed by atoms with Crippen LogP contribution in [-0.4, -0.2) is 55.0 Å². The molecule has 0 aliphatic carbocycles. The number of amides is 1. The first-order valence-electron chi connectivity index (χ1n) is 8.63. The number of methoxy groups -OCH3 is 1. The van der Waals surface area contributed by atoms with Crippen LogP contribution in [0.2, 0.25) is 0 Å². The van der Waals surface area contributed by atoms with Crippen LogP contribution in [0.15, 0.2) is 36.7 Å². The topological polar surface area (TPSA) is 86.5 Å². The maximum Gasteiger partial charge on any atom is 0.330 e. The molecule has 3 atom stereocenters. The Morgan fingerprint density at radius 2 is 2.15 bits per heavy atom. The number of benzene rings is 1. The lowest BCUT2D eigenvalue weighted by molar-refractivity contribution is -0.162. The molecule has 0 bridgehead atoms. The maximum atomic E-state index is 12.9. The van der Waals surface area contributed by atoms with Gasteiger partial charge in [0.15, 0.2) is 0 Å². The zero-order chi connectivity index (χ0) is 19.0. The summed E-state index contributed by atoms with van der Waals surface area (Å²) in [5.41, 5.74) is 0.860. The van der Waals surface area contributed by atoms with Crippen molar-refractivity contribution in [2.24, 2.45) is 0 Å². The first-order chi connectivity index (χ1) is 13.0. The molecule has 142 valence electrons. The van der Waals surface area contributed by atoms with Gasteiger partial charge in [-0.05, 0) is 24.6 Å². The summed E-state index contributed by atoms with van der Waals surface area (Å²) in [5, 5.41) is 7.84. The molecule has 0 radical (unpaired) electrons. The monoisotopic (exact) mass is 388 g/mol. The number of aromatic nitrogens is 3. The Morgan fingerprint density at radius 3 is 2.78 bits per heavy atom.